The zero-order valence-corrected chi connectivity index (χ0v) is 14.0. The number of halogens is 3. The van der Waals surface area contributed by atoms with Gasteiger partial charge in [0.1, 0.15) is 5.54 Å². The molecule has 2 aromatic carbocycles. The quantitative estimate of drug-likeness (QED) is 0.719. The highest BCUT2D eigenvalue weighted by atomic mass is 19.4. The summed E-state index contributed by atoms with van der Waals surface area (Å²) in [6.07, 6.45) is -4.65. The summed E-state index contributed by atoms with van der Waals surface area (Å²) in [5.74, 6) is -1.43. The van der Waals surface area contributed by atoms with Crippen molar-refractivity contribution in [3.63, 3.8) is 0 Å². The number of hydrogen-bond acceptors (Lipinski definition) is 3. The number of carbonyl (C=O) groups is 3. The molecule has 0 spiro atoms. The van der Waals surface area contributed by atoms with Crippen LogP contribution in [0.4, 0.5) is 23.7 Å². The third-order valence-corrected chi connectivity index (χ3v) is 4.24. The maximum atomic E-state index is 13.0. The third-order valence-electron chi connectivity index (χ3n) is 4.24. The molecule has 9 heteroatoms. The molecule has 1 saturated heterocycles. The van der Waals surface area contributed by atoms with E-state index in [1.165, 1.54) is 43.3 Å². The van der Waals surface area contributed by atoms with Crippen LogP contribution < -0.4 is 16.0 Å². The van der Waals surface area contributed by atoms with Crippen molar-refractivity contribution >= 4 is 23.5 Å². The number of urea groups is 1. The van der Waals surface area contributed by atoms with Crippen molar-refractivity contribution in [1.29, 1.82) is 0 Å². The van der Waals surface area contributed by atoms with Crippen molar-refractivity contribution in [2.24, 2.45) is 0 Å². The van der Waals surface area contributed by atoms with Crippen LogP contribution in [-0.4, -0.2) is 17.8 Å². The molecule has 0 bridgehead atoms. The number of amides is 4. The SMILES string of the molecule is C[C@@]1(c2ccc(NC(=O)c3ccccc3C(F)(F)F)cc2)NC(=O)NC1=O. The second kappa shape index (κ2) is 6.42. The van der Waals surface area contributed by atoms with Gasteiger partial charge in [-0.2, -0.15) is 13.2 Å². The maximum Gasteiger partial charge on any atom is 0.417 e. The fraction of sp³-hybridized carbons (Fsp3) is 0.167. The third kappa shape index (κ3) is 3.48. The number of imide groups is 1. The summed E-state index contributed by atoms with van der Waals surface area (Å²) in [5, 5.41) is 7.02. The minimum absolute atomic E-state index is 0.244. The molecule has 1 aliphatic heterocycles. The lowest BCUT2D eigenvalue weighted by atomic mass is 9.92. The Hall–Kier alpha value is -3.36. The molecule has 3 rings (SSSR count). The summed E-state index contributed by atoms with van der Waals surface area (Å²) in [5.41, 5.74) is -2.09. The monoisotopic (exact) mass is 377 g/mol. The number of anilines is 1. The number of rotatable bonds is 3. The molecule has 0 radical (unpaired) electrons. The Morgan fingerprint density at radius 3 is 2.22 bits per heavy atom. The predicted molar refractivity (Wildman–Crippen MR) is 89.9 cm³/mol. The Morgan fingerprint density at radius 2 is 1.67 bits per heavy atom. The van der Waals surface area contributed by atoms with Crippen LogP contribution in [0.3, 0.4) is 0 Å². The van der Waals surface area contributed by atoms with Gasteiger partial charge < -0.3 is 10.6 Å². The van der Waals surface area contributed by atoms with Crippen LogP contribution in [0.15, 0.2) is 48.5 Å². The van der Waals surface area contributed by atoms with Crippen molar-refractivity contribution in [1.82, 2.24) is 10.6 Å². The molecule has 0 aromatic heterocycles. The van der Waals surface area contributed by atoms with Crippen molar-refractivity contribution in [2.75, 3.05) is 5.32 Å². The van der Waals surface area contributed by atoms with E-state index in [1.807, 2.05) is 0 Å². The smallest absolute Gasteiger partial charge is 0.322 e. The fourth-order valence-electron chi connectivity index (χ4n) is 2.76. The Labute approximate surface area is 151 Å². The fourth-order valence-corrected chi connectivity index (χ4v) is 2.76. The molecular formula is C18H14F3N3O3. The zero-order valence-electron chi connectivity index (χ0n) is 14.0. The molecule has 140 valence electrons. The lowest BCUT2D eigenvalue weighted by Crippen LogP contribution is -2.40. The number of nitrogens with one attached hydrogen (secondary N) is 3. The van der Waals surface area contributed by atoms with E-state index < -0.39 is 40.7 Å². The number of carbonyl (C=O) groups excluding carboxylic acids is 3. The van der Waals surface area contributed by atoms with Gasteiger partial charge in [-0.1, -0.05) is 24.3 Å². The van der Waals surface area contributed by atoms with E-state index in [0.717, 1.165) is 12.1 Å². The van der Waals surface area contributed by atoms with Crippen LogP contribution in [0.1, 0.15) is 28.4 Å². The van der Waals surface area contributed by atoms with E-state index in [2.05, 4.69) is 16.0 Å². The molecule has 1 fully saturated rings. The van der Waals surface area contributed by atoms with E-state index in [-0.39, 0.29) is 5.69 Å². The first-order chi connectivity index (χ1) is 12.6. The van der Waals surface area contributed by atoms with Crippen LogP contribution in [0, 0.1) is 0 Å². The van der Waals surface area contributed by atoms with Crippen LogP contribution >= 0.6 is 0 Å². The highest BCUT2D eigenvalue weighted by Gasteiger charge is 2.43. The van der Waals surface area contributed by atoms with Gasteiger partial charge in [-0.3, -0.25) is 14.9 Å². The molecule has 0 aliphatic carbocycles. The van der Waals surface area contributed by atoms with E-state index >= 15 is 0 Å². The summed E-state index contributed by atoms with van der Waals surface area (Å²) in [7, 11) is 0. The normalized spacial score (nSPS) is 19.4. The molecule has 4 amide bonds. The highest BCUT2D eigenvalue weighted by molar-refractivity contribution is 6.07. The molecule has 2 aromatic rings. The average Bonchev–Trinajstić information content (AvgIpc) is 2.87. The molecule has 0 saturated carbocycles. The first-order valence-corrected chi connectivity index (χ1v) is 7.83. The molecule has 27 heavy (non-hydrogen) atoms. The largest absolute Gasteiger partial charge is 0.417 e. The van der Waals surface area contributed by atoms with Gasteiger partial charge in [-0.25, -0.2) is 4.79 Å². The van der Waals surface area contributed by atoms with Crippen molar-refractivity contribution in [2.45, 2.75) is 18.6 Å². The Kier molecular flexibility index (Phi) is 4.38. The summed E-state index contributed by atoms with van der Waals surface area (Å²) in [6.45, 7) is 1.51. The molecule has 1 heterocycles. The number of hydrogen-bond donors (Lipinski definition) is 3. The van der Waals surface area contributed by atoms with Gasteiger partial charge in [0.25, 0.3) is 11.8 Å². The van der Waals surface area contributed by atoms with Crippen molar-refractivity contribution in [3.8, 4) is 0 Å². The van der Waals surface area contributed by atoms with Gasteiger partial charge in [0.05, 0.1) is 11.1 Å². The summed E-state index contributed by atoms with van der Waals surface area (Å²) in [4.78, 5) is 35.5. The van der Waals surface area contributed by atoms with Gasteiger partial charge in [-0.05, 0) is 36.8 Å². The van der Waals surface area contributed by atoms with E-state index in [0.29, 0.717) is 5.56 Å². The van der Waals surface area contributed by atoms with Gasteiger partial charge in [0, 0.05) is 5.69 Å². The first kappa shape index (κ1) is 18.4. The predicted octanol–water partition coefficient (Wildman–Crippen LogP) is 3.01. The molecule has 1 aliphatic rings. The van der Waals surface area contributed by atoms with Gasteiger partial charge >= 0.3 is 12.2 Å². The highest BCUT2D eigenvalue weighted by Crippen LogP contribution is 2.32. The van der Waals surface area contributed by atoms with Crippen LogP contribution in [0.25, 0.3) is 0 Å². The zero-order chi connectivity index (χ0) is 19.8. The summed E-state index contributed by atoms with van der Waals surface area (Å²) < 4.78 is 39.1. The lowest BCUT2D eigenvalue weighted by molar-refractivity contribution is -0.137. The topological polar surface area (TPSA) is 87.3 Å². The van der Waals surface area contributed by atoms with Crippen LogP contribution in [0.5, 0.6) is 0 Å². The minimum Gasteiger partial charge on any atom is -0.322 e. The molecular weight excluding hydrogens is 363 g/mol. The Balaban J connectivity index is 1.81. The van der Waals surface area contributed by atoms with E-state index in [1.54, 1.807) is 0 Å². The standard InChI is InChI=1S/C18H14F3N3O3/c1-17(15(26)23-16(27)24-17)10-6-8-11(9-7-10)22-14(25)12-4-2-3-5-13(12)18(19,20)21/h2-9H,1H3,(H,22,25)(H2,23,24,26,27)/t17-/m0/s1. The molecule has 0 unspecified atom stereocenters. The maximum absolute atomic E-state index is 13.0. The van der Waals surface area contributed by atoms with Crippen molar-refractivity contribution < 1.29 is 27.6 Å². The number of alkyl halides is 3. The Bertz CT molecular complexity index is 925. The van der Waals surface area contributed by atoms with E-state index in [9.17, 15) is 27.6 Å². The average molecular weight is 377 g/mol. The van der Waals surface area contributed by atoms with Crippen LogP contribution in [0.2, 0.25) is 0 Å². The molecule has 1 atom stereocenters. The summed E-state index contributed by atoms with van der Waals surface area (Å²) in [6, 6.07) is 9.72. The van der Waals surface area contributed by atoms with Gasteiger partial charge in [-0.15, -0.1) is 0 Å². The Morgan fingerprint density at radius 1 is 1.04 bits per heavy atom. The second-order valence-electron chi connectivity index (χ2n) is 6.11. The molecule has 6 nitrogen and oxygen atoms in total. The van der Waals surface area contributed by atoms with E-state index in [4.69, 9.17) is 0 Å². The minimum atomic E-state index is -4.65. The van der Waals surface area contributed by atoms with Crippen LogP contribution in [-0.2, 0) is 16.5 Å². The van der Waals surface area contributed by atoms with Gasteiger partial charge in [0.15, 0.2) is 0 Å². The first-order valence-electron chi connectivity index (χ1n) is 7.83. The molecule has 3 N–H and O–H groups in total. The van der Waals surface area contributed by atoms with Crippen molar-refractivity contribution in [3.05, 3.63) is 65.2 Å². The number of benzene rings is 2. The summed E-state index contributed by atoms with van der Waals surface area (Å²) >= 11 is 0. The lowest BCUT2D eigenvalue weighted by Gasteiger charge is -2.21. The van der Waals surface area contributed by atoms with Gasteiger partial charge in [0.2, 0.25) is 0 Å². The second-order valence-corrected chi connectivity index (χ2v) is 6.11.